The Hall–Kier alpha value is -3.48. The fourth-order valence-electron chi connectivity index (χ4n) is 3.13. The summed E-state index contributed by atoms with van der Waals surface area (Å²) in [5.74, 6) is -0.0850. The van der Waals surface area contributed by atoms with Crippen molar-refractivity contribution in [2.75, 3.05) is 7.05 Å². The van der Waals surface area contributed by atoms with E-state index >= 15 is 0 Å². The second-order valence-electron chi connectivity index (χ2n) is 6.88. The molecule has 5 nitrogen and oxygen atoms in total. The maximum Gasteiger partial charge on any atom is 0.387 e. The van der Waals surface area contributed by atoms with E-state index in [9.17, 15) is 13.6 Å². The Morgan fingerprint density at radius 3 is 2.43 bits per heavy atom. The van der Waals surface area contributed by atoms with Crippen LogP contribution in [-0.2, 0) is 11.3 Å². The van der Waals surface area contributed by atoms with Crippen molar-refractivity contribution in [2.24, 2.45) is 0 Å². The average molecular weight is 411 g/mol. The number of ether oxygens (including phenoxy) is 1. The molecule has 0 N–H and O–H groups in total. The molecule has 0 aliphatic rings. The first-order chi connectivity index (χ1) is 14.3. The van der Waals surface area contributed by atoms with Gasteiger partial charge < -0.3 is 9.64 Å². The second-order valence-corrected chi connectivity index (χ2v) is 6.88. The number of benzene rings is 2. The number of halogens is 2. The minimum absolute atomic E-state index is 0.0870. The second kappa shape index (κ2) is 9.35. The van der Waals surface area contributed by atoms with Gasteiger partial charge in [-0.25, -0.2) is 4.68 Å². The highest BCUT2D eigenvalue weighted by molar-refractivity contribution is 5.91. The molecular formula is C23H23F2N3O2. The Morgan fingerprint density at radius 1 is 1.13 bits per heavy atom. The Labute approximate surface area is 174 Å². The van der Waals surface area contributed by atoms with Crippen LogP contribution in [0, 0.1) is 13.8 Å². The minimum atomic E-state index is -2.86. The molecule has 2 aromatic carbocycles. The fourth-order valence-corrected chi connectivity index (χ4v) is 3.13. The zero-order chi connectivity index (χ0) is 21.7. The average Bonchev–Trinajstić information content (AvgIpc) is 3.01. The number of hydrogen-bond donors (Lipinski definition) is 0. The van der Waals surface area contributed by atoms with E-state index in [2.05, 4.69) is 9.84 Å². The third-order valence-corrected chi connectivity index (χ3v) is 4.69. The summed E-state index contributed by atoms with van der Waals surface area (Å²) >= 11 is 0. The number of rotatable bonds is 7. The van der Waals surface area contributed by atoms with Gasteiger partial charge in [0.05, 0.1) is 11.4 Å². The first-order valence-electron chi connectivity index (χ1n) is 9.43. The molecule has 0 saturated carbocycles. The quantitative estimate of drug-likeness (QED) is 0.527. The number of aromatic nitrogens is 2. The highest BCUT2D eigenvalue weighted by Gasteiger charge is 2.12. The van der Waals surface area contributed by atoms with Crippen molar-refractivity contribution in [3.05, 3.63) is 83.2 Å². The van der Waals surface area contributed by atoms with E-state index in [4.69, 9.17) is 0 Å². The lowest BCUT2D eigenvalue weighted by molar-refractivity contribution is -0.125. The van der Waals surface area contributed by atoms with Gasteiger partial charge in [0, 0.05) is 30.9 Å². The standard InChI is InChI=1S/C23H23F2N3O2/c1-16-21(17(2)28(26-16)19-7-5-4-6-8-19)13-14-22(29)27(3)15-18-9-11-20(12-10-18)30-23(24)25/h4-14,23H,15H2,1-3H3/b14-13+. The smallest absolute Gasteiger partial charge is 0.387 e. The molecule has 1 aromatic heterocycles. The zero-order valence-electron chi connectivity index (χ0n) is 17.0. The molecular weight excluding hydrogens is 388 g/mol. The van der Waals surface area contributed by atoms with Crippen LogP contribution in [0.2, 0.25) is 0 Å². The van der Waals surface area contributed by atoms with E-state index in [1.54, 1.807) is 30.2 Å². The molecule has 0 bridgehead atoms. The monoisotopic (exact) mass is 411 g/mol. The number of aryl methyl sites for hydroxylation is 1. The maximum atomic E-state index is 12.5. The topological polar surface area (TPSA) is 47.4 Å². The van der Waals surface area contributed by atoms with Crippen LogP contribution in [-0.4, -0.2) is 34.2 Å². The highest BCUT2D eigenvalue weighted by Crippen LogP contribution is 2.20. The van der Waals surface area contributed by atoms with Crippen molar-refractivity contribution in [3.8, 4) is 11.4 Å². The molecule has 30 heavy (non-hydrogen) atoms. The summed E-state index contributed by atoms with van der Waals surface area (Å²) in [4.78, 5) is 14.1. The van der Waals surface area contributed by atoms with Crippen molar-refractivity contribution in [1.29, 1.82) is 0 Å². The largest absolute Gasteiger partial charge is 0.435 e. The highest BCUT2D eigenvalue weighted by atomic mass is 19.3. The predicted molar refractivity (Wildman–Crippen MR) is 112 cm³/mol. The lowest BCUT2D eigenvalue weighted by Crippen LogP contribution is -2.24. The number of nitrogens with zero attached hydrogens (tertiary/aromatic N) is 3. The molecule has 3 aromatic rings. The molecule has 0 fully saturated rings. The van der Waals surface area contributed by atoms with E-state index in [-0.39, 0.29) is 11.7 Å². The van der Waals surface area contributed by atoms with Crippen LogP contribution in [0.4, 0.5) is 8.78 Å². The van der Waals surface area contributed by atoms with Gasteiger partial charge in [-0.05, 0) is 49.8 Å². The van der Waals surface area contributed by atoms with Gasteiger partial charge in [-0.15, -0.1) is 0 Å². The number of likely N-dealkylation sites (N-methyl/N-ethyl adjacent to an activating group) is 1. The number of carbonyl (C=O) groups is 1. The maximum absolute atomic E-state index is 12.5. The lowest BCUT2D eigenvalue weighted by atomic mass is 10.1. The summed E-state index contributed by atoms with van der Waals surface area (Å²) in [5, 5.41) is 4.57. The van der Waals surface area contributed by atoms with E-state index in [0.29, 0.717) is 6.54 Å². The normalized spacial score (nSPS) is 11.3. The van der Waals surface area contributed by atoms with Crippen LogP contribution in [0.1, 0.15) is 22.5 Å². The van der Waals surface area contributed by atoms with Crippen molar-refractivity contribution < 1.29 is 18.3 Å². The number of alkyl halides is 2. The van der Waals surface area contributed by atoms with E-state index in [0.717, 1.165) is 28.2 Å². The number of carbonyl (C=O) groups excluding carboxylic acids is 1. The summed E-state index contributed by atoms with van der Waals surface area (Å²) in [6.45, 7) is 1.36. The van der Waals surface area contributed by atoms with Crippen LogP contribution in [0.3, 0.4) is 0 Å². The number of hydrogen-bond acceptors (Lipinski definition) is 3. The van der Waals surface area contributed by atoms with Crippen molar-refractivity contribution in [1.82, 2.24) is 14.7 Å². The molecule has 0 atom stereocenters. The van der Waals surface area contributed by atoms with Crippen LogP contribution in [0.15, 0.2) is 60.7 Å². The predicted octanol–water partition coefficient (Wildman–Crippen LogP) is 4.76. The van der Waals surface area contributed by atoms with E-state index in [1.165, 1.54) is 18.2 Å². The zero-order valence-corrected chi connectivity index (χ0v) is 17.0. The molecule has 0 radical (unpaired) electrons. The van der Waals surface area contributed by atoms with Crippen LogP contribution in [0.25, 0.3) is 11.8 Å². The molecule has 7 heteroatoms. The van der Waals surface area contributed by atoms with Gasteiger partial charge in [0.15, 0.2) is 0 Å². The van der Waals surface area contributed by atoms with Crippen molar-refractivity contribution >= 4 is 12.0 Å². The Morgan fingerprint density at radius 2 is 1.80 bits per heavy atom. The fraction of sp³-hybridized carbons (Fsp3) is 0.217. The van der Waals surface area contributed by atoms with Crippen LogP contribution < -0.4 is 4.74 Å². The Kier molecular flexibility index (Phi) is 6.61. The summed E-state index contributed by atoms with van der Waals surface area (Å²) in [5.41, 5.74) is 4.44. The van der Waals surface area contributed by atoms with Gasteiger partial charge in [0.1, 0.15) is 5.75 Å². The van der Waals surface area contributed by atoms with E-state index < -0.39 is 6.61 Å². The van der Waals surface area contributed by atoms with Gasteiger partial charge in [-0.1, -0.05) is 30.3 Å². The van der Waals surface area contributed by atoms with Crippen molar-refractivity contribution in [3.63, 3.8) is 0 Å². The van der Waals surface area contributed by atoms with Crippen LogP contribution >= 0.6 is 0 Å². The molecule has 0 unspecified atom stereocenters. The van der Waals surface area contributed by atoms with Gasteiger partial charge >= 0.3 is 6.61 Å². The molecule has 0 spiro atoms. The van der Waals surface area contributed by atoms with Crippen LogP contribution in [0.5, 0.6) is 5.75 Å². The first-order valence-corrected chi connectivity index (χ1v) is 9.43. The third kappa shape index (κ3) is 5.11. The molecule has 1 amide bonds. The summed E-state index contributed by atoms with van der Waals surface area (Å²) in [6, 6.07) is 16.0. The van der Waals surface area contributed by atoms with Gasteiger partial charge in [0.2, 0.25) is 5.91 Å². The van der Waals surface area contributed by atoms with Gasteiger partial charge in [0.25, 0.3) is 0 Å². The van der Waals surface area contributed by atoms with E-state index in [1.807, 2.05) is 48.9 Å². The third-order valence-electron chi connectivity index (χ3n) is 4.69. The summed E-state index contributed by atoms with van der Waals surface area (Å²) in [7, 11) is 1.68. The summed E-state index contributed by atoms with van der Waals surface area (Å²) < 4.78 is 30.6. The SMILES string of the molecule is Cc1nn(-c2ccccc2)c(C)c1/C=C/C(=O)N(C)Cc1ccc(OC(F)F)cc1. The molecule has 0 aliphatic heterocycles. The Balaban J connectivity index is 1.67. The Bertz CT molecular complexity index is 1030. The molecule has 156 valence electrons. The number of para-hydroxylation sites is 1. The summed E-state index contributed by atoms with van der Waals surface area (Å²) in [6.07, 6.45) is 3.29. The van der Waals surface area contributed by atoms with Gasteiger partial charge in [-0.2, -0.15) is 13.9 Å². The number of amides is 1. The molecule has 3 rings (SSSR count). The molecule has 1 heterocycles. The van der Waals surface area contributed by atoms with Crippen molar-refractivity contribution in [2.45, 2.75) is 27.0 Å². The lowest BCUT2D eigenvalue weighted by Gasteiger charge is -2.15. The molecule has 0 aliphatic carbocycles. The van der Waals surface area contributed by atoms with Gasteiger partial charge in [-0.3, -0.25) is 4.79 Å². The molecule has 0 saturated heterocycles. The first kappa shape index (κ1) is 21.2. The minimum Gasteiger partial charge on any atom is -0.435 e.